The molecule has 0 aliphatic carbocycles. The van der Waals surface area contributed by atoms with Gasteiger partial charge >= 0.3 is 0 Å². The first-order chi connectivity index (χ1) is 9.89. The molecule has 2 aromatic carbocycles. The Morgan fingerprint density at radius 3 is 2.33 bits per heavy atom. The summed E-state index contributed by atoms with van der Waals surface area (Å²) in [6.45, 7) is 0. The second-order valence-corrected chi connectivity index (χ2v) is 6.01. The second kappa shape index (κ2) is 5.89. The van der Waals surface area contributed by atoms with Crippen molar-refractivity contribution in [1.82, 2.24) is 0 Å². The van der Waals surface area contributed by atoms with Gasteiger partial charge in [-0.1, -0.05) is 18.2 Å². The van der Waals surface area contributed by atoms with E-state index in [1.807, 2.05) is 6.07 Å². The van der Waals surface area contributed by atoms with Crippen LogP contribution in [0, 0.1) is 23.0 Å². The lowest BCUT2D eigenvalue weighted by molar-refractivity contribution is 0.584. The largest absolute Gasteiger partial charge is 0.283 e. The third-order valence-electron chi connectivity index (χ3n) is 2.62. The van der Waals surface area contributed by atoms with Gasteiger partial charge in [0.05, 0.1) is 23.1 Å². The molecule has 0 aliphatic heterocycles. The number of hydrogen-bond donors (Lipinski definition) is 1. The number of rotatable bonds is 4. The Balaban J connectivity index is 2.25. The number of nitrogens with zero attached hydrogens (tertiary/aromatic N) is 1. The summed E-state index contributed by atoms with van der Waals surface area (Å²) in [5.74, 6) is -2.23. The molecule has 0 spiro atoms. The fourth-order valence-corrected chi connectivity index (χ4v) is 3.00. The van der Waals surface area contributed by atoms with Crippen molar-refractivity contribution in [3.8, 4) is 6.07 Å². The van der Waals surface area contributed by atoms with Crippen LogP contribution in [0.4, 0.5) is 14.5 Å². The SMILES string of the molecule is N#Cc1ccccc1CS(=O)(=O)Nc1cc(F)cc(F)c1. The molecule has 0 fully saturated rings. The van der Waals surface area contributed by atoms with E-state index in [1.54, 1.807) is 12.1 Å². The van der Waals surface area contributed by atoms with E-state index in [2.05, 4.69) is 4.72 Å². The van der Waals surface area contributed by atoms with E-state index in [9.17, 15) is 17.2 Å². The van der Waals surface area contributed by atoms with E-state index >= 15 is 0 Å². The molecule has 0 saturated carbocycles. The molecule has 7 heteroatoms. The number of halogens is 2. The Morgan fingerprint density at radius 2 is 1.71 bits per heavy atom. The molecule has 4 nitrogen and oxygen atoms in total. The predicted molar refractivity (Wildman–Crippen MR) is 73.8 cm³/mol. The number of nitrogens with one attached hydrogen (secondary N) is 1. The Kier molecular flexibility index (Phi) is 4.19. The van der Waals surface area contributed by atoms with Crippen molar-refractivity contribution in [3.05, 3.63) is 65.2 Å². The number of benzene rings is 2. The van der Waals surface area contributed by atoms with Gasteiger partial charge in [0.15, 0.2) is 0 Å². The lowest BCUT2D eigenvalue weighted by Gasteiger charge is -2.09. The summed E-state index contributed by atoms with van der Waals surface area (Å²) in [5, 5.41) is 8.91. The lowest BCUT2D eigenvalue weighted by atomic mass is 10.1. The monoisotopic (exact) mass is 308 g/mol. The number of anilines is 1. The number of nitriles is 1. The van der Waals surface area contributed by atoms with Crippen LogP contribution >= 0.6 is 0 Å². The summed E-state index contributed by atoms with van der Waals surface area (Å²) < 4.78 is 52.1. The van der Waals surface area contributed by atoms with Crippen LogP contribution in [0.1, 0.15) is 11.1 Å². The van der Waals surface area contributed by atoms with Crippen molar-refractivity contribution < 1.29 is 17.2 Å². The average Bonchev–Trinajstić information content (AvgIpc) is 2.36. The predicted octanol–water partition coefficient (Wildman–Crippen LogP) is 2.78. The first kappa shape index (κ1) is 14.9. The third kappa shape index (κ3) is 4.00. The molecule has 0 unspecified atom stereocenters. The van der Waals surface area contributed by atoms with Crippen molar-refractivity contribution >= 4 is 15.7 Å². The Bertz CT molecular complexity index is 794. The van der Waals surface area contributed by atoms with Crippen molar-refractivity contribution in [2.24, 2.45) is 0 Å². The van der Waals surface area contributed by atoms with Gasteiger partial charge in [0.2, 0.25) is 10.0 Å². The summed E-state index contributed by atoms with van der Waals surface area (Å²) >= 11 is 0. The van der Waals surface area contributed by atoms with Gasteiger partial charge in [-0.2, -0.15) is 5.26 Å². The highest BCUT2D eigenvalue weighted by Gasteiger charge is 2.15. The van der Waals surface area contributed by atoms with Crippen LogP contribution in [-0.2, 0) is 15.8 Å². The Morgan fingerprint density at radius 1 is 1.10 bits per heavy atom. The van der Waals surface area contributed by atoms with Gasteiger partial charge in [0, 0.05) is 6.07 Å². The van der Waals surface area contributed by atoms with E-state index < -0.39 is 27.4 Å². The molecule has 0 radical (unpaired) electrons. The quantitative estimate of drug-likeness (QED) is 0.944. The van der Waals surface area contributed by atoms with Gasteiger partial charge in [-0.3, -0.25) is 4.72 Å². The maximum Gasteiger partial charge on any atom is 0.236 e. The Labute approximate surface area is 120 Å². The zero-order valence-corrected chi connectivity index (χ0v) is 11.5. The molecular weight excluding hydrogens is 298 g/mol. The van der Waals surface area contributed by atoms with Crippen LogP contribution in [0.2, 0.25) is 0 Å². The van der Waals surface area contributed by atoms with Gasteiger partial charge in [-0.05, 0) is 23.8 Å². The van der Waals surface area contributed by atoms with Gasteiger partial charge < -0.3 is 0 Å². The van der Waals surface area contributed by atoms with Gasteiger partial charge in [-0.25, -0.2) is 17.2 Å². The molecule has 0 amide bonds. The fraction of sp³-hybridized carbons (Fsp3) is 0.0714. The van der Waals surface area contributed by atoms with Crippen molar-refractivity contribution in [1.29, 1.82) is 5.26 Å². The highest BCUT2D eigenvalue weighted by molar-refractivity contribution is 7.91. The minimum Gasteiger partial charge on any atom is -0.283 e. The first-order valence-electron chi connectivity index (χ1n) is 5.84. The van der Waals surface area contributed by atoms with Crippen LogP contribution in [0.15, 0.2) is 42.5 Å². The second-order valence-electron chi connectivity index (χ2n) is 4.29. The van der Waals surface area contributed by atoms with E-state index in [1.165, 1.54) is 12.1 Å². The zero-order chi connectivity index (χ0) is 15.5. The molecule has 108 valence electrons. The van der Waals surface area contributed by atoms with E-state index in [0.717, 1.165) is 12.1 Å². The summed E-state index contributed by atoms with van der Waals surface area (Å²) in [7, 11) is -3.89. The molecule has 0 saturated heterocycles. The molecule has 0 aromatic heterocycles. The molecule has 0 heterocycles. The van der Waals surface area contributed by atoms with Crippen LogP contribution in [0.3, 0.4) is 0 Å². The van der Waals surface area contributed by atoms with Crippen LogP contribution in [0.5, 0.6) is 0 Å². The number of hydrogen-bond acceptors (Lipinski definition) is 3. The number of sulfonamides is 1. The topological polar surface area (TPSA) is 70.0 Å². The molecular formula is C14H10F2N2O2S. The van der Waals surface area contributed by atoms with Crippen LogP contribution in [0.25, 0.3) is 0 Å². The lowest BCUT2D eigenvalue weighted by Crippen LogP contribution is -2.16. The average molecular weight is 308 g/mol. The molecule has 21 heavy (non-hydrogen) atoms. The van der Waals surface area contributed by atoms with Gasteiger partial charge in [0.1, 0.15) is 11.6 Å². The standard InChI is InChI=1S/C14H10F2N2O2S/c15-12-5-13(16)7-14(6-12)18-21(19,20)9-11-4-2-1-3-10(11)8-17/h1-7,18H,9H2. The normalized spacial score (nSPS) is 10.9. The van der Waals surface area contributed by atoms with E-state index in [0.29, 0.717) is 11.6 Å². The fourth-order valence-electron chi connectivity index (χ4n) is 1.79. The zero-order valence-electron chi connectivity index (χ0n) is 10.7. The summed E-state index contributed by atoms with van der Waals surface area (Å²) in [6, 6.07) is 10.5. The smallest absolute Gasteiger partial charge is 0.236 e. The van der Waals surface area contributed by atoms with Gasteiger partial charge in [-0.15, -0.1) is 0 Å². The molecule has 2 rings (SSSR count). The molecule has 0 atom stereocenters. The maximum atomic E-state index is 13.0. The Hall–Kier alpha value is -2.46. The molecule has 0 bridgehead atoms. The van der Waals surface area contributed by atoms with Crippen molar-refractivity contribution in [2.75, 3.05) is 4.72 Å². The van der Waals surface area contributed by atoms with E-state index in [4.69, 9.17) is 5.26 Å². The summed E-state index contributed by atoms with van der Waals surface area (Å²) in [4.78, 5) is 0. The summed E-state index contributed by atoms with van der Waals surface area (Å²) in [5.41, 5.74) is 0.333. The third-order valence-corrected chi connectivity index (χ3v) is 3.86. The minimum absolute atomic E-state index is 0.207. The molecule has 0 aliphatic rings. The molecule has 1 N–H and O–H groups in total. The summed E-state index contributed by atoms with van der Waals surface area (Å²) in [6.07, 6.45) is 0. The highest BCUT2D eigenvalue weighted by atomic mass is 32.2. The van der Waals surface area contributed by atoms with Crippen LogP contribution in [-0.4, -0.2) is 8.42 Å². The van der Waals surface area contributed by atoms with Crippen LogP contribution < -0.4 is 4.72 Å². The van der Waals surface area contributed by atoms with Crippen molar-refractivity contribution in [3.63, 3.8) is 0 Å². The van der Waals surface area contributed by atoms with E-state index in [-0.39, 0.29) is 11.3 Å². The first-order valence-corrected chi connectivity index (χ1v) is 7.49. The minimum atomic E-state index is -3.89. The van der Waals surface area contributed by atoms with Crippen molar-refractivity contribution in [2.45, 2.75) is 5.75 Å². The highest BCUT2D eigenvalue weighted by Crippen LogP contribution is 2.17. The molecule has 2 aromatic rings. The maximum absolute atomic E-state index is 13.0. The van der Waals surface area contributed by atoms with Gasteiger partial charge in [0.25, 0.3) is 0 Å².